The molecule has 4 N–H and O–H groups in total. The van der Waals surface area contributed by atoms with Gasteiger partial charge in [-0.1, -0.05) is 24.3 Å². The Hall–Kier alpha value is -2.47. The first-order valence-electron chi connectivity index (χ1n) is 5.62. The van der Waals surface area contributed by atoms with E-state index in [1.165, 1.54) is 0 Å². The second-order valence-electron chi connectivity index (χ2n) is 3.64. The van der Waals surface area contributed by atoms with Crippen LogP contribution in [-0.4, -0.2) is 15.9 Å². The van der Waals surface area contributed by atoms with Gasteiger partial charge in [0.2, 0.25) is 0 Å². The summed E-state index contributed by atoms with van der Waals surface area (Å²) >= 11 is 5.10. The number of hydrogen-bond acceptors (Lipinski definition) is 3. The van der Waals surface area contributed by atoms with Gasteiger partial charge in [-0.25, -0.2) is 0 Å². The van der Waals surface area contributed by atoms with E-state index in [1.807, 2.05) is 42.5 Å². The number of pyridine rings is 1. The molecule has 2 rings (SSSR count). The Morgan fingerprint density at radius 3 is 2.53 bits per heavy atom. The Balaban J connectivity index is 1.93. The van der Waals surface area contributed by atoms with Crippen molar-refractivity contribution in [2.24, 2.45) is 10.8 Å². The summed E-state index contributed by atoms with van der Waals surface area (Å²) in [6.07, 6.45) is 1.65. The molecule has 0 aliphatic heterocycles. The first-order chi connectivity index (χ1) is 9.25. The van der Waals surface area contributed by atoms with Crippen LogP contribution in [0.5, 0.6) is 0 Å². The van der Waals surface area contributed by atoms with Crippen molar-refractivity contribution < 1.29 is 0 Å². The Bertz CT molecular complexity index is 568. The van der Waals surface area contributed by atoms with Crippen LogP contribution in [0, 0.1) is 0 Å². The number of amidine groups is 1. The van der Waals surface area contributed by atoms with Gasteiger partial charge in [0.1, 0.15) is 5.69 Å². The highest BCUT2D eigenvalue weighted by Crippen LogP contribution is 2.04. The van der Waals surface area contributed by atoms with Gasteiger partial charge in [0, 0.05) is 11.9 Å². The van der Waals surface area contributed by atoms with Crippen LogP contribution in [0.2, 0.25) is 0 Å². The van der Waals surface area contributed by atoms with E-state index in [0.717, 1.165) is 5.69 Å². The lowest BCUT2D eigenvalue weighted by molar-refractivity contribution is 1.03. The Labute approximate surface area is 116 Å². The molecule has 5 nitrogen and oxygen atoms in total. The lowest BCUT2D eigenvalue weighted by atomic mass is 10.3. The van der Waals surface area contributed by atoms with Crippen molar-refractivity contribution in [3.05, 3.63) is 60.4 Å². The maximum atomic E-state index is 5.77. The van der Waals surface area contributed by atoms with Gasteiger partial charge < -0.3 is 11.1 Å². The largest absolute Gasteiger partial charge is 0.380 e. The molecule has 1 aromatic carbocycles. The molecular formula is C13H13N5S. The fourth-order valence-electron chi connectivity index (χ4n) is 1.36. The minimum atomic E-state index is 0.276. The summed E-state index contributed by atoms with van der Waals surface area (Å²) in [6, 6.07) is 15.0. The number of aromatic nitrogens is 1. The molecule has 6 heteroatoms. The Morgan fingerprint density at radius 2 is 1.84 bits per heavy atom. The molecule has 1 heterocycles. The van der Waals surface area contributed by atoms with Crippen LogP contribution in [0.15, 0.2) is 59.8 Å². The molecule has 0 radical (unpaired) electrons. The van der Waals surface area contributed by atoms with E-state index >= 15 is 0 Å². The van der Waals surface area contributed by atoms with Gasteiger partial charge >= 0.3 is 0 Å². The van der Waals surface area contributed by atoms with Crippen LogP contribution in [-0.2, 0) is 0 Å². The van der Waals surface area contributed by atoms with Crippen molar-refractivity contribution >= 4 is 28.9 Å². The smallest absolute Gasteiger partial charge is 0.191 e. The van der Waals surface area contributed by atoms with Crippen molar-refractivity contribution in [1.82, 2.24) is 10.4 Å². The molecule has 0 unspecified atom stereocenters. The molecule has 0 fully saturated rings. The molecule has 0 aliphatic carbocycles. The first kappa shape index (κ1) is 13.0. The molecule has 0 saturated carbocycles. The minimum Gasteiger partial charge on any atom is -0.380 e. The number of benzene rings is 1. The molecule has 0 aliphatic rings. The fraction of sp³-hybridized carbons (Fsp3) is 0. The molecule has 0 saturated heterocycles. The number of rotatable bonds is 3. The van der Waals surface area contributed by atoms with E-state index in [0.29, 0.717) is 10.8 Å². The average molecular weight is 271 g/mol. The molecular weight excluding hydrogens is 258 g/mol. The maximum absolute atomic E-state index is 5.77. The van der Waals surface area contributed by atoms with Crippen LogP contribution >= 0.6 is 12.2 Å². The average Bonchev–Trinajstić information content (AvgIpc) is 2.47. The zero-order valence-electron chi connectivity index (χ0n) is 10.1. The van der Waals surface area contributed by atoms with Gasteiger partial charge in [0.05, 0.1) is 0 Å². The minimum absolute atomic E-state index is 0.276. The van der Waals surface area contributed by atoms with Gasteiger partial charge in [-0.3, -0.25) is 10.4 Å². The van der Waals surface area contributed by atoms with Crippen molar-refractivity contribution in [2.45, 2.75) is 0 Å². The molecule has 2 aromatic rings. The van der Waals surface area contributed by atoms with Crippen LogP contribution in [0.3, 0.4) is 0 Å². The Morgan fingerprint density at radius 1 is 1.11 bits per heavy atom. The highest BCUT2D eigenvalue weighted by atomic mass is 32.1. The Kier molecular flexibility index (Phi) is 4.41. The molecule has 96 valence electrons. The summed E-state index contributed by atoms with van der Waals surface area (Å²) in [5, 5.41) is 7.32. The van der Waals surface area contributed by atoms with E-state index < -0.39 is 0 Å². The molecule has 0 spiro atoms. The van der Waals surface area contributed by atoms with Gasteiger partial charge in [-0.05, 0) is 36.5 Å². The number of thiocarbonyl (C=S) groups is 1. The van der Waals surface area contributed by atoms with Crippen molar-refractivity contribution in [1.29, 1.82) is 0 Å². The quantitative estimate of drug-likeness (QED) is 0.343. The number of hydrazone groups is 1. The number of para-hydroxylation sites is 1. The zero-order chi connectivity index (χ0) is 13.5. The summed E-state index contributed by atoms with van der Waals surface area (Å²) < 4.78 is 0. The van der Waals surface area contributed by atoms with Crippen LogP contribution in [0.1, 0.15) is 5.69 Å². The van der Waals surface area contributed by atoms with Gasteiger partial charge in [-0.2, -0.15) is 5.10 Å². The third-order valence-electron chi connectivity index (χ3n) is 2.24. The van der Waals surface area contributed by atoms with Gasteiger partial charge in [0.25, 0.3) is 0 Å². The third-order valence-corrected chi connectivity index (χ3v) is 2.43. The summed E-state index contributed by atoms with van der Waals surface area (Å²) in [5.74, 6) is 0.276. The van der Waals surface area contributed by atoms with E-state index in [1.54, 1.807) is 12.3 Å². The number of nitrogens with one attached hydrogen (secondary N) is 2. The molecule has 1 aromatic heterocycles. The first-order valence-corrected chi connectivity index (χ1v) is 6.03. The van der Waals surface area contributed by atoms with Crippen LogP contribution in [0.25, 0.3) is 0 Å². The molecule has 19 heavy (non-hydrogen) atoms. The summed E-state index contributed by atoms with van der Waals surface area (Å²) in [7, 11) is 0. The normalized spacial score (nSPS) is 10.8. The van der Waals surface area contributed by atoms with Crippen molar-refractivity contribution in [3.63, 3.8) is 0 Å². The monoisotopic (exact) mass is 271 g/mol. The van der Waals surface area contributed by atoms with Gasteiger partial charge in [-0.15, -0.1) is 0 Å². The number of hydrogen-bond donors (Lipinski definition) is 3. The topological polar surface area (TPSA) is 75.3 Å². The van der Waals surface area contributed by atoms with E-state index in [9.17, 15) is 0 Å². The summed E-state index contributed by atoms with van der Waals surface area (Å²) in [5.41, 5.74) is 9.92. The second kappa shape index (κ2) is 6.46. The third kappa shape index (κ3) is 4.04. The second-order valence-corrected chi connectivity index (χ2v) is 4.05. The van der Waals surface area contributed by atoms with Gasteiger partial charge in [0.15, 0.2) is 10.9 Å². The molecule has 0 atom stereocenters. The summed E-state index contributed by atoms with van der Waals surface area (Å²) in [6.45, 7) is 0. The van der Waals surface area contributed by atoms with Crippen molar-refractivity contribution in [2.75, 3.05) is 5.32 Å². The fourth-order valence-corrected chi connectivity index (χ4v) is 1.53. The van der Waals surface area contributed by atoms with E-state index in [-0.39, 0.29) is 5.84 Å². The van der Waals surface area contributed by atoms with E-state index in [4.69, 9.17) is 18.0 Å². The number of nitrogens with zero attached hydrogens (tertiary/aromatic N) is 2. The van der Waals surface area contributed by atoms with Crippen LogP contribution in [0.4, 0.5) is 5.69 Å². The van der Waals surface area contributed by atoms with E-state index in [2.05, 4.69) is 20.8 Å². The highest BCUT2D eigenvalue weighted by Gasteiger charge is 1.99. The highest BCUT2D eigenvalue weighted by molar-refractivity contribution is 7.80. The predicted molar refractivity (Wildman–Crippen MR) is 80.8 cm³/mol. The number of nitrogens with two attached hydrogens (primary N) is 1. The van der Waals surface area contributed by atoms with Crippen LogP contribution < -0.4 is 16.5 Å². The zero-order valence-corrected chi connectivity index (χ0v) is 10.9. The summed E-state index contributed by atoms with van der Waals surface area (Å²) in [4.78, 5) is 4.08. The standard InChI is InChI=1S/C13H13N5S/c14-12(11-8-4-5-9-15-11)17-18-13(19)16-10-6-2-1-3-7-10/h1-9H,(H2,14,17)(H2,16,18,19). The predicted octanol–water partition coefficient (Wildman–Crippen LogP) is 1.69. The number of anilines is 1. The lowest BCUT2D eigenvalue weighted by Crippen LogP contribution is -2.28. The SMILES string of the molecule is N/C(=N/NC(=S)Nc1ccccc1)c1ccccn1. The van der Waals surface area contributed by atoms with Crippen molar-refractivity contribution in [3.8, 4) is 0 Å². The lowest BCUT2D eigenvalue weighted by Gasteiger charge is -2.07. The molecule has 0 amide bonds. The molecule has 0 bridgehead atoms. The maximum Gasteiger partial charge on any atom is 0.191 e.